The molecule has 0 fully saturated rings. The number of carbonyl (C=O) groups is 3. The Morgan fingerprint density at radius 3 is 2.18 bits per heavy atom. The third kappa shape index (κ3) is 4.72. The monoisotopic (exact) mass is 473 g/mol. The SMILES string of the molecule is Cc1cccc(NC(=O)c2ccc(NC3=C(Cl)C(=O)N(c4ccc(C(C)C)cc4)C3=O)cc2)c1. The summed E-state index contributed by atoms with van der Waals surface area (Å²) in [6.45, 7) is 6.09. The molecular formula is C27H24ClN3O3. The lowest BCUT2D eigenvalue weighted by molar-refractivity contribution is -0.120. The summed E-state index contributed by atoms with van der Waals surface area (Å²) in [4.78, 5) is 39.3. The van der Waals surface area contributed by atoms with Gasteiger partial charge in [0.05, 0.1) is 5.69 Å². The van der Waals surface area contributed by atoms with Crippen molar-refractivity contribution in [1.29, 1.82) is 0 Å². The number of rotatable bonds is 6. The number of hydrogen-bond donors (Lipinski definition) is 2. The van der Waals surface area contributed by atoms with Crippen LogP contribution in [0.15, 0.2) is 83.5 Å². The Hall–Kier alpha value is -3.90. The molecule has 3 amide bonds. The Balaban J connectivity index is 1.47. The second-order valence-electron chi connectivity index (χ2n) is 8.41. The van der Waals surface area contributed by atoms with Gasteiger partial charge < -0.3 is 10.6 Å². The van der Waals surface area contributed by atoms with Crippen molar-refractivity contribution in [2.75, 3.05) is 15.5 Å². The standard InChI is InChI=1S/C27H24ClN3O3/c1-16(2)18-9-13-22(14-10-18)31-26(33)23(28)24(27(31)34)29-20-11-7-19(8-12-20)25(32)30-21-6-4-5-17(3)15-21/h4-16,29H,1-3H3,(H,30,32). The Labute approximate surface area is 203 Å². The number of aryl methyl sites for hydroxylation is 1. The molecule has 3 aromatic rings. The van der Waals surface area contributed by atoms with Gasteiger partial charge in [-0.3, -0.25) is 14.4 Å². The van der Waals surface area contributed by atoms with Crippen LogP contribution in [0.25, 0.3) is 0 Å². The van der Waals surface area contributed by atoms with Crippen LogP contribution >= 0.6 is 11.6 Å². The lowest BCUT2D eigenvalue weighted by Crippen LogP contribution is -2.32. The number of carbonyl (C=O) groups excluding carboxylic acids is 3. The zero-order chi connectivity index (χ0) is 24.4. The number of imide groups is 1. The van der Waals surface area contributed by atoms with Gasteiger partial charge in [-0.15, -0.1) is 0 Å². The molecule has 0 spiro atoms. The number of nitrogens with zero attached hydrogens (tertiary/aromatic N) is 1. The van der Waals surface area contributed by atoms with Crippen LogP contribution in [0.3, 0.4) is 0 Å². The van der Waals surface area contributed by atoms with Crippen molar-refractivity contribution in [3.63, 3.8) is 0 Å². The van der Waals surface area contributed by atoms with Gasteiger partial charge in [-0.25, -0.2) is 4.90 Å². The predicted octanol–water partition coefficient (Wildman–Crippen LogP) is 5.81. The molecule has 34 heavy (non-hydrogen) atoms. The molecular weight excluding hydrogens is 450 g/mol. The first-order valence-corrected chi connectivity index (χ1v) is 11.3. The van der Waals surface area contributed by atoms with Crippen molar-refractivity contribution in [2.24, 2.45) is 0 Å². The average Bonchev–Trinajstić information content (AvgIpc) is 3.02. The van der Waals surface area contributed by atoms with Crippen LogP contribution in [0.2, 0.25) is 0 Å². The molecule has 0 radical (unpaired) electrons. The lowest BCUT2D eigenvalue weighted by Gasteiger charge is -2.16. The molecule has 2 N–H and O–H groups in total. The fourth-order valence-corrected chi connectivity index (χ4v) is 3.84. The van der Waals surface area contributed by atoms with E-state index in [9.17, 15) is 14.4 Å². The van der Waals surface area contributed by atoms with Crippen LogP contribution in [0.5, 0.6) is 0 Å². The molecule has 6 nitrogen and oxygen atoms in total. The van der Waals surface area contributed by atoms with E-state index in [0.717, 1.165) is 16.0 Å². The molecule has 0 atom stereocenters. The van der Waals surface area contributed by atoms with E-state index < -0.39 is 11.8 Å². The molecule has 1 heterocycles. The highest BCUT2D eigenvalue weighted by Crippen LogP contribution is 2.31. The van der Waals surface area contributed by atoms with E-state index in [1.807, 2.05) is 43.3 Å². The zero-order valence-electron chi connectivity index (χ0n) is 19.1. The van der Waals surface area contributed by atoms with Gasteiger partial charge in [-0.2, -0.15) is 0 Å². The van der Waals surface area contributed by atoms with Crippen LogP contribution in [0, 0.1) is 6.92 Å². The molecule has 1 aliphatic rings. The van der Waals surface area contributed by atoms with E-state index in [1.54, 1.807) is 36.4 Å². The van der Waals surface area contributed by atoms with Gasteiger partial charge in [0.2, 0.25) is 0 Å². The first-order valence-electron chi connectivity index (χ1n) is 10.9. The topological polar surface area (TPSA) is 78.5 Å². The van der Waals surface area contributed by atoms with Gasteiger partial charge >= 0.3 is 0 Å². The first kappa shape index (κ1) is 23.3. The minimum atomic E-state index is -0.583. The van der Waals surface area contributed by atoms with E-state index in [-0.39, 0.29) is 16.6 Å². The lowest BCUT2D eigenvalue weighted by atomic mass is 10.0. The maximum absolute atomic E-state index is 13.0. The van der Waals surface area contributed by atoms with Crippen LogP contribution in [0.1, 0.15) is 41.3 Å². The first-order chi connectivity index (χ1) is 16.2. The highest BCUT2D eigenvalue weighted by Gasteiger charge is 2.38. The number of amides is 3. The molecule has 3 aromatic carbocycles. The molecule has 0 saturated carbocycles. The van der Waals surface area contributed by atoms with E-state index in [2.05, 4.69) is 24.5 Å². The van der Waals surface area contributed by atoms with Gasteiger partial charge in [0.1, 0.15) is 10.7 Å². The molecule has 0 bridgehead atoms. The molecule has 0 unspecified atom stereocenters. The van der Waals surface area contributed by atoms with Crippen molar-refractivity contribution < 1.29 is 14.4 Å². The fourth-order valence-electron chi connectivity index (χ4n) is 3.63. The summed E-state index contributed by atoms with van der Waals surface area (Å²) in [5.41, 5.74) is 4.29. The van der Waals surface area contributed by atoms with Crippen LogP contribution in [0.4, 0.5) is 17.1 Å². The van der Waals surface area contributed by atoms with E-state index in [4.69, 9.17) is 11.6 Å². The third-order valence-corrected chi connectivity index (χ3v) is 5.89. The molecule has 7 heteroatoms. The van der Waals surface area contributed by atoms with Crippen molar-refractivity contribution in [1.82, 2.24) is 0 Å². The summed E-state index contributed by atoms with van der Waals surface area (Å²) in [7, 11) is 0. The number of hydrogen-bond acceptors (Lipinski definition) is 4. The van der Waals surface area contributed by atoms with Gasteiger partial charge in [-0.1, -0.05) is 49.7 Å². The zero-order valence-corrected chi connectivity index (χ0v) is 19.8. The summed E-state index contributed by atoms with van der Waals surface area (Å²) in [5.74, 6) is -1.04. The Bertz CT molecular complexity index is 1300. The molecule has 172 valence electrons. The van der Waals surface area contributed by atoms with E-state index in [0.29, 0.717) is 28.5 Å². The summed E-state index contributed by atoms with van der Waals surface area (Å²) in [5, 5.41) is 5.60. The van der Waals surface area contributed by atoms with E-state index in [1.165, 1.54) is 0 Å². The maximum atomic E-state index is 13.0. The summed E-state index contributed by atoms with van der Waals surface area (Å²) < 4.78 is 0. The minimum Gasteiger partial charge on any atom is -0.350 e. The van der Waals surface area contributed by atoms with E-state index >= 15 is 0 Å². The fraction of sp³-hybridized carbons (Fsp3) is 0.148. The number of benzene rings is 3. The number of nitrogens with one attached hydrogen (secondary N) is 2. The molecule has 0 aromatic heterocycles. The largest absolute Gasteiger partial charge is 0.350 e. The van der Waals surface area contributed by atoms with Crippen LogP contribution in [-0.2, 0) is 9.59 Å². The number of anilines is 3. The van der Waals surface area contributed by atoms with Crippen molar-refractivity contribution in [2.45, 2.75) is 26.7 Å². The molecule has 0 saturated heterocycles. The second kappa shape index (κ2) is 9.53. The highest BCUT2D eigenvalue weighted by atomic mass is 35.5. The van der Waals surface area contributed by atoms with Crippen molar-refractivity contribution in [3.05, 3.63) is 100 Å². The van der Waals surface area contributed by atoms with Gasteiger partial charge in [0, 0.05) is 16.9 Å². The maximum Gasteiger partial charge on any atom is 0.283 e. The minimum absolute atomic E-state index is 0.00318. The van der Waals surface area contributed by atoms with Gasteiger partial charge in [-0.05, 0) is 72.5 Å². The molecule has 0 aliphatic carbocycles. The highest BCUT2D eigenvalue weighted by molar-refractivity contribution is 6.53. The van der Waals surface area contributed by atoms with Crippen LogP contribution in [-0.4, -0.2) is 17.7 Å². The Morgan fingerprint density at radius 2 is 1.56 bits per heavy atom. The quantitative estimate of drug-likeness (QED) is 0.443. The summed E-state index contributed by atoms with van der Waals surface area (Å²) >= 11 is 6.23. The van der Waals surface area contributed by atoms with Crippen molar-refractivity contribution >= 4 is 46.4 Å². The second-order valence-corrected chi connectivity index (χ2v) is 8.78. The average molecular weight is 474 g/mol. The Kier molecular flexibility index (Phi) is 6.52. The normalized spacial score (nSPS) is 13.6. The Morgan fingerprint density at radius 1 is 0.882 bits per heavy atom. The van der Waals surface area contributed by atoms with Crippen molar-refractivity contribution in [3.8, 4) is 0 Å². The smallest absolute Gasteiger partial charge is 0.283 e. The third-order valence-electron chi connectivity index (χ3n) is 5.54. The summed E-state index contributed by atoms with van der Waals surface area (Å²) in [6.07, 6.45) is 0. The molecule has 4 rings (SSSR count). The summed E-state index contributed by atoms with van der Waals surface area (Å²) in [6, 6.07) is 21.3. The van der Waals surface area contributed by atoms with Crippen LogP contribution < -0.4 is 15.5 Å². The predicted molar refractivity (Wildman–Crippen MR) is 135 cm³/mol. The van der Waals surface area contributed by atoms with Gasteiger partial charge in [0.15, 0.2) is 0 Å². The van der Waals surface area contributed by atoms with Gasteiger partial charge in [0.25, 0.3) is 17.7 Å². The molecule has 1 aliphatic heterocycles. The number of halogens is 1.